The first-order chi connectivity index (χ1) is 9.72. The topological polar surface area (TPSA) is 59.1 Å². The average molecular weight is 275 g/mol. The Morgan fingerprint density at radius 2 is 2.30 bits per heavy atom. The zero-order valence-electron chi connectivity index (χ0n) is 11.8. The predicted octanol–water partition coefficient (Wildman–Crippen LogP) is 0.815. The number of aliphatic hydroxyl groups excluding tert-OH is 1. The zero-order valence-corrected chi connectivity index (χ0v) is 11.8. The lowest BCUT2D eigenvalue weighted by Crippen LogP contribution is -2.34. The molecule has 1 aliphatic rings. The van der Waals surface area contributed by atoms with Gasteiger partial charge in [-0.3, -0.25) is 14.3 Å². The fourth-order valence-electron chi connectivity index (χ4n) is 2.99. The third-order valence-electron chi connectivity index (χ3n) is 3.88. The van der Waals surface area contributed by atoms with Crippen LogP contribution in [0.4, 0.5) is 0 Å². The summed E-state index contributed by atoms with van der Waals surface area (Å²) in [7, 11) is 1.94. The van der Waals surface area contributed by atoms with E-state index in [0.717, 1.165) is 13.0 Å². The third kappa shape index (κ3) is 2.91. The number of aliphatic hydroxyl groups is 1. The van der Waals surface area contributed by atoms with Crippen molar-refractivity contribution in [3.8, 4) is 0 Å². The molecule has 1 saturated heterocycles. The van der Waals surface area contributed by atoms with Crippen LogP contribution in [-0.2, 0) is 13.6 Å². The molecule has 1 aliphatic heterocycles. The van der Waals surface area contributed by atoms with Crippen LogP contribution in [0.2, 0.25) is 0 Å². The summed E-state index contributed by atoms with van der Waals surface area (Å²) < 4.78 is 3.62. The van der Waals surface area contributed by atoms with E-state index in [1.165, 1.54) is 12.0 Å². The van der Waals surface area contributed by atoms with Crippen molar-refractivity contribution >= 4 is 0 Å². The predicted molar refractivity (Wildman–Crippen MR) is 75.0 cm³/mol. The van der Waals surface area contributed by atoms with Crippen LogP contribution in [-0.4, -0.2) is 48.8 Å². The van der Waals surface area contributed by atoms with E-state index in [1.54, 1.807) is 10.9 Å². The molecule has 3 heterocycles. The van der Waals surface area contributed by atoms with Gasteiger partial charge in [-0.15, -0.1) is 0 Å². The molecule has 0 radical (unpaired) electrons. The zero-order chi connectivity index (χ0) is 13.9. The highest BCUT2D eigenvalue weighted by atomic mass is 16.3. The minimum Gasteiger partial charge on any atom is -0.390 e. The van der Waals surface area contributed by atoms with E-state index >= 15 is 0 Å². The highest BCUT2D eigenvalue weighted by molar-refractivity contribution is 5.12. The first-order valence-corrected chi connectivity index (χ1v) is 7.10. The highest BCUT2D eigenvalue weighted by Gasteiger charge is 2.28. The van der Waals surface area contributed by atoms with Gasteiger partial charge in [0.1, 0.15) is 0 Å². The summed E-state index contributed by atoms with van der Waals surface area (Å²) in [5, 5.41) is 18.6. The van der Waals surface area contributed by atoms with Crippen LogP contribution < -0.4 is 0 Å². The molecule has 108 valence electrons. The maximum atomic E-state index is 10.2. The summed E-state index contributed by atoms with van der Waals surface area (Å²) in [6, 6.07) is 2.26. The van der Waals surface area contributed by atoms with Crippen molar-refractivity contribution in [2.75, 3.05) is 13.1 Å². The number of rotatable bonds is 5. The summed E-state index contributed by atoms with van der Waals surface area (Å²) in [5.74, 6) is 0. The van der Waals surface area contributed by atoms with Crippen LogP contribution >= 0.6 is 0 Å². The Kier molecular flexibility index (Phi) is 3.84. The average Bonchev–Trinajstić information content (AvgIpc) is 3.11. The minimum atomic E-state index is -0.396. The van der Waals surface area contributed by atoms with Gasteiger partial charge in [-0.2, -0.15) is 10.2 Å². The first kappa shape index (κ1) is 13.3. The lowest BCUT2D eigenvalue weighted by molar-refractivity contribution is 0.0890. The molecule has 3 rings (SSSR count). The fourth-order valence-corrected chi connectivity index (χ4v) is 2.99. The third-order valence-corrected chi connectivity index (χ3v) is 3.88. The molecule has 6 heteroatoms. The van der Waals surface area contributed by atoms with Crippen LogP contribution in [0.1, 0.15) is 24.4 Å². The minimum absolute atomic E-state index is 0.385. The summed E-state index contributed by atoms with van der Waals surface area (Å²) in [4.78, 5) is 2.35. The van der Waals surface area contributed by atoms with Gasteiger partial charge in [-0.05, 0) is 25.5 Å². The first-order valence-electron chi connectivity index (χ1n) is 7.10. The Bertz CT molecular complexity index is 536. The number of nitrogens with zero attached hydrogens (tertiary/aromatic N) is 5. The van der Waals surface area contributed by atoms with E-state index in [1.807, 2.05) is 30.2 Å². The van der Waals surface area contributed by atoms with Crippen LogP contribution in [0.25, 0.3) is 0 Å². The number of aryl methyl sites for hydroxylation is 1. The van der Waals surface area contributed by atoms with Gasteiger partial charge in [-0.25, -0.2) is 0 Å². The molecule has 0 spiro atoms. The van der Waals surface area contributed by atoms with Gasteiger partial charge < -0.3 is 5.11 Å². The molecule has 0 bridgehead atoms. The van der Waals surface area contributed by atoms with Crippen molar-refractivity contribution in [2.45, 2.75) is 31.5 Å². The van der Waals surface area contributed by atoms with Crippen molar-refractivity contribution < 1.29 is 5.11 Å². The quantitative estimate of drug-likeness (QED) is 0.877. The van der Waals surface area contributed by atoms with Gasteiger partial charge in [0.2, 0.25) is 0 Å². The van der Waals surface area contributed by atoms with Crippen molar-refractivity contribution in [3.63, 3.8) is 0 Å². The number of likely N-dealkylation sites (tertiary alicyclic amines) is 1. The molecule has 20 heavy (non-hydrogen) atoms. The summed E-state index contributed by atoms with van der Waals surface area (Å²) in [6.45, 7) is 2.26. The number of β-amino-alcohol motifs (C(OH)–C–C–N with tert-alkyl or cyclic N) is 1. The second-order valence-electron chi connectivity index (χ2n) is 5.48. The molecule has 0 aliphatic carbocycles. The van der Waals surface area contributed by atoms with Gasteiger partial charge in [0.25, 0.3) is 0 Å². The molecule has 0 saturated carbocycles. The van der Waals surface area contributed by atoms with Gasteiger partial charge in [0.05, 0.1) is 18.8 Å². The maximum absolute atomic E-state index is 10.2. The largest absolute Gasteiger partial charge is 0.390 e. The fraction of sp³-hybridized carbons (Fsp3) is 0.571. The van der Waals surface area contributed by atoms with E-state index in [-0.39, 0.29) is 0 Å². The number of hydrogen-bond donors (Lipinski definition) is 1. The Labute approximate surface area is 118 Å². The van der Waals surface area contributed by atoms with Gasteiger partial charge in [0, 0.05) is 43.8 Å². The number of aromatic nitrogens is 4. The van der Waals surface area contributed by atoms with Gasteiger partial charge in [0.15, 0.2) is 0 Å². The van der Waals surface area contributed by atoms with Gasteiger partial charge >= 0.3 is 0 Å². The second kappa shape index (κ2) is 5.76. The van der Waals surface area contributed by atoms with E-state index < -0.39 is 6.10 Å². The molecular formula is C14H21N5O. The molecule has 6 nitrogen and oxygen atoms in total. The molecule has 2 aromatic heterocycles. The van der Waals surface area contributed by atoms with Crippen molar-refractivity contribution in [3.05, 3.63) is 36.4 Å². The Balaban J connectivity index is 1.61. The SMILES string of the molecule is Cn1cc([C@H]2CCCN2C[C@@H](O)Cn2cccn2)cn1. The van der Waals surface area contributed by atoms with E-state index in [9.17, 15) is 5.11 Å². The Morgan fingerprint density at radius 1 is 1.40 bits per heavy atom. The molecule has 0 unspecified atom stereocenters. The second-order valence-corrected chi connectivity index (χ2v) is 5.48. The Hall–Kier alpha value is -1.66. The lowest BCUT2D eigenvalue weighted by atomic mass is 10.1. The normalized spacial score (nSPS) is 21.4. The lowest BCUT2D eigenvalue weighted by Gasteiger charge is -2.26. The van der Waals surface area contributed by atoms with Crippen LogP contribution in [0.5, 0.6) is 0 Å². The van der Waals surface area contributed by atoms with E-state index in [0.29, 0.717) is 19.1 Å². The highest BCUT2D eigenvalue weighted by Crippen LogP contribution is 2.31. The molecule has 0 aromatic carbocycles. The maximum Gasteiger partial charge on any atom is 0.0862 e. The summed E-state index contributed by atoms with van der Waals surface area (Å²) >= 11 is 0. The van der Waals surface area contributed by atoms with E-state index in [4.69, 9.17) is 0 Å². The molecule has 1 fully saturated rings. The molecule has 0 amide bonds. The van der Waals surface area contributed by atoms with Crippen molar-refractivity contribution in [1.29, 1.82) is 0 Å². The van der Waals surface area contributed by atoms with Crippen molar-refractivity contribution in [1.82, 2.24) is 24.5 Å². The summed E-state index contributed by atoms with van der Waals surface area (Å²) in [5.41, 5.74) is 1.25. The summed E-state index contributed by atoms with van der Waals surface area (Å²) in [6.07, 6.45) is 9.54. The van der Waals surface area contributed by atoms with E-state index in [2.05, 4.69) is 21.3 Å². The smallest absolute Gasteiger partial charge is 0.0862 e. The monoisotopic (exact) mass is 275 g/mol. The van der Waals surface area contributed by atoms with Crippen LogP contribution in [0.15, 0.2) is 30.9 Å². The van der Waals surface area contributed by atoms with Gasteiger partial charge in [-0.1, -0.05) is 0 Å². The molecule has 2 atom stereocenters. The van der Waals surface area contributed by atoms with Crippen LogP contribution in [0.3, 0.4) is 0 Å². The van der Waals surface area contributed by atoms with Crippen molar-refractivity contribution in [2.24, 2.45) is 7.05 Å². The number of hydrogen-bond acceptors (Lipinski definition) is 4. The standard InChI is InChI=1S/C14H21N5O/c1-17-9-12(8-16-17)14-4-2-6-18(14)10-13(20)11-19-7-3-5-15-19/h3,5,7-9,13-14,20H,2,4,6,10-11H2,1H3/t13-,14-/m1/s1. The molecular weight excluding hydrogens is 254 g/mol. The molecule has 1 N–H and O–H groups in total. The van der Waals surface area contributed by atoms with Crippen LogP contribution in [0, 0.1) is 0 Å². The Morgan fingerprint density at radius 3 is 3.00 bits per heavy atom. The molecule has 2 aromatic rings.